The van der Waals surface area contributed by atoms with Gasteiger partial charge < -0.3 is 9.47 Å². The first-order chi connectivity index (χ1) is 14.0. The van der Waals surface area contributed by atoms with Crippen LogP contribution in [0.5, 0.6) is 11.5 Å². The van der Waals surface area contributed by atoms with Gasteiger partial charge in [0.1, 0.15) is 0 Å². The molecule has 0 radical (unpaired) electrons. The van der Waals surface area contributed by atoms with Crippen LogP contribution in [-0.4, -0.2) is 35.7 Å². The fraction of sp³-hybridized carbons (Fsp3) is 0.304. The summed E-state index contributed by atoms with van der Waals surface area (Å²) in [6, 6.07) is 13.7. The molecule has 1 saturated heterocycles. The zero-order valence-corrected chi connectivity index (χ0v) is 18.1. The number of thioether (sulfide) groups is 1. The number of benzene rings is 2. The Kier molecular flexibility index (Phi) is 6.99. The second-order valence-electron chi connectivity index (χ2n) is 6.46. The molecule has 1 heterocycles. The van der Waals surface area contributed by atoms with Gasteiger partial charge in [-0.3, -0.25) is 9.69 Å². The Balaban J connectivity index is 1.90. The number of nitrogens with zero attached hydrogens (tertiary/aromatic N) is 2. The van der Waals surface area contributed by atoms with E-state index >= 15 is 0 Å². The number of hydrogen-bond acceptors (Lipinski definition) is 5. The van der Waals surface area contributed by atoms with Crippen LogP contribution in [0.4, 0.5) is 5.69 Å². The molecule has 152 valence electrons. The number of hydrogen-bond donors (Lipinski definition) is 0. The molecule has 0 aromatic heterocycles. The third-order valence-corrected chi connectivity index (χ3v) is 5.33. The minimum Gasteiger partial charge on any atom is -0.490 e. The molecule has 0 saturated carbocycles. The molecular weight excluding hydrogens is 384 g/mol. The van der Waals surface area contributed by atoms with E-state index in [1.807, 2.05) is 76.2 Å². The number of aliphatic imine (C=N–C) groups is 1. The van der Waals surface area contributed by atoms with Gasteiger partial charge in [-0.15, -0.1) is 0 Å². The number of rotatable bonds is 7. The molecule has 1 aliphatic heterocycles. The normalized spacial score (nSPS) is 16.7. The van der Waals surface area contributed by atoms with Gasteiger partial charge >= 0.3 is 0 Å². The van der Waals surface area contributed by atoms with Crippen molar-refractivity contribution in [2.75, 3.05) is 19.8 Å². The van der Waals surface area contributed by atoms with E-state index in [0.29, 0.717) is 41.3 Å². The van der Waals surface area contributed by atoms with Crippen LogP contribution < -0.4 is 9.47 Å². The Labute approximate surface area is 176 Å². The highest BCUT2D eigenvalue weighted by atomic mass is 32.2. The molecule has 1 amide bonds. The maximum absolute atomic E-state index is 12.9. The average molecular weight is 411 g/mol. The van der Waals surface area contributed by atoms with E-state index in [-0.39, 0.29) is 5.91 Å². The first-order valence-electron chi connectivity index (χ1n) is 9.82. The van der Waals surface area contributed by atoms with Crippen molar-refractivity contribution in [3.63, 3.8) is 0 Å². The Morgan fingerprint density at radius 1 is 1.00 bits per heavy atom. The molecule has 5 nitrogen and oxygen atoms in total. The van der Waals surface area contributed by atoms with Crippen molar-refractivity contribution >= 4 is 34.6 Å². The monoisotopic (exact) mass is 410 g/mol. The van der Waals surface area contributed by atoms with Crippen molar-refractivity contribution in [2.24, 2.45) is 4.99 Å². The molecule has 2 aromatic carbocycles. The zero-order valence-electron chi connectivity index (χ0n) is 17.3. The van der Waals surface area contributed by atoms with Crippen molar-refractivity contribution in [2.45, 2.75) is 27.7 Å². The summed E-state index contributed by atoms with van der Waals surface area (Å²) in [6.07, 6.45) is 1.88. The second-order valence-corrected chi connectivity index (χ2v) is 7.47. The van der Waals surface area contributed by atoms with Crippen LogP contribution in [0.2, 0.25) is 0 Å². The minimum atomic E-state index is -0.0322. The van der Waals surface area contributed by atoms with Crippen LogP contribution >= 0.6 is 11.8 Å². The van der Waals surface area contributed by atoms with Crippen LogP contribution in [0, 0.1) is 6.92 Å². The highest BCUT2D eigenvalue weighted by Gasteiger charge is 2.32. The molecule has 0 spiro atoms. The molecule has 0 aliphatic carbocycles. The topological polar surface area (TPSA) is 51.1 Å². The van der Waals surface area contributed by atoms with E-state index < -0.39 is 0 Å². The molecule has 0 bridgehead atoms. The summed E-state index contributed by atoms with van der Waals surface area (Å²) >= 11 is 1.39. The Bertz CT molecular complexity index is 936. The van der Waals surface area contributed by atoms with Gasteiger partial charge in [-0.1, -0.05) is 23.8 Å². The van der Waals surface area contributed by atoms with E-state index in [4.69, 9.17) is 9.47 Å². The standard InChI is InChI=1S/C23H26N2O3S/c1-5-25-22(26)21(29-23(25)24-18-11-8-16(4)9-12-18)15-17-10-13-19(27-6-2)20(14-17)28-7-3/h8-15H,5-7H2,1-4H3/b21-15+,24-23?. The summed E-state index contributed by atoms with van der Waals surface area (Å²) in [7, 11) is 0. The summed E-state index contributed by atoms with van der Waals surface area (Å²) < 4.78 is 11.3. The quantitative estimate of drug-likeness (QED) is 0.572. The predicted molar refractivity (Wildman–Crippen MR) is 120 cm³/mol. The molecule has 2 aromatic rings. The van der Waals surface area contributed by atoms with Crippen LogP contribution in [0.3, 0.4) is 0 Å². The average Bonchev–Trinajstić information content (AvgIpc) is 3.00. The number of carbonyl (C=O) groups excluding carboxylic acids is 1. The zero-order chi connectivity index (χ0) is 20.8. The maximum atomic E-state index is 12.9. The fourth-order valence-electron chi connectivity index (χ4n) is 2.91. The highest BCUT2D eigenvalue weighted by molar-refractivity contribution is 8.18. The summed E-state index contributed by atoms with van der Waals surface area (Å²) in [5, 5.41) is 0.698. The number of amides is 1. The molecule has 6 heteroatoms. The molecule has 3 rings (SSSR count). The lowest BCUT2D eigenvalue weighted by Crippen LogP contribution is -2.28. The summed E-state index contributed by atoms with van der Waals surface area (Å²) in [6.45, 7) is 9.55. The number of amidine groups is 1. The van der Waals surface area contributed by atoms with Gasteiger partial charge in [0.05, 0.1) is 23.8 Å². The molecular formula is C23H26N2O3S. The predicted octanol–water partition coefficient (Wildman–Crippen LogP) is 5.42. The third-order valence-electron chi connectivity index (χ3n) is 4.33. The van der Waals surface area contributed by atoms with E-state index in [9.17, 15) is 4.79 Å². The molecule has 29 heavy (non-hydrogen) atoms. The lowest BCUT2D eigenvalue weighted by atomic mass is 10.2. The van der Waals surface area contributed by atoms with Gasteiger partial charge in [0.25, 0.3) is 5.91 Å². The van der Waals surface area contributed by atoms with Crippen LogP contribution in [0.1, 0.15) is 31.9 Å². The van der Waals surface area contributed by atoms with Crippen LogP contribution in [0.15, 0.2) is 52.4 Å². The van der Waals surface area contributed by atoms with Crippen molar-refractivity contribution in [3.05, 3.63) is 58.5 Å². The summed E-state index contributed by atoms with van der Waals surface area (Å²) in [5.74, 6) is 1.36. The number of aryl methyl sites for hydroxylation is 1. The molecule has 0 unspecified atom stereocenters. The van der Waals surface area contributed by atoms with E-state index in [2.05, 4.69) is 4.99 Å². The van der Waals surface area contributed by atoms with Gasteiger partial charge in [-0.2, -0.15) is 0 Å². The van der Waals surface area contributed by atoms with Crippen LogP contribution in [-0.2, 0) is 4.79 Å². The van der Waals surface area contributed by atoms with Gasteiger partial charge in [-0.05, 0) is 75.4 Å². The Morgan fingerprint density at radius 2 is 1.69 bits per heavy atom. The van der Waals surface area contributed by atoms with Gasteiger partial charge in [0.15, 0.2) is 16.7 Å². The molecule has 0 N–H and O–H groups in total. The van der Waals surface area contributed by atoms with Gasteiger partial charge in [-0.25, -0.2) is 4.99 Å². The molecule has 1 fully saturated rings. The first kappa shape index (κ1) is 21.0. The first-order valence-corrected chi connectivity index (χ1v) is 10.6. The third kappa shape index (κ3) is 5.01. The lowest BCUT2D eigenvalue weighted by molar-refractivity contribution is -0.122. The smallest absolute Gasteiger partial charge is 0.266 e. The minimum absolute atomic E-state index is 0.0322. The number of likely N-dealkylation sites (N-methyl/N-ethyl adjacent to an activating group) is 1. The lowest BCUT2D eigenvalue weighted by Gasteiger charge is -2.12. The maximum Gasteiger partial charge on any atom is 0.266 e. The number of carbonyl (C=O) groups is 1. The van der Waals surface area contributed by atoms with Crippen LogP contribution in [0.25, 0.3) is 6.08 Å². The van der Waals surface area contributed by atoms with Gasteiger partial charge in [0, 0.05) is 6.54 Å². The molecule has 1 aliphatic rings. The Morgan fingerprint density at radius 3 is 2.34 bits per heavy atom. The van der Waals surface area contributed by atoms with Crippen molar-refractivity contribution < 1.29 is 14.3 Å². The van der Waals surface area contributed by atoms with E-state index in [0.717, 1.165) is 11.3 Å². The van der Waals surface area contributed by atoms with Crippen molar-refractivity contribution in [3.8, 4) is 11.5 Å². The van der Waals surface area contributed by atoms with E-state index in [1.54, 1.807) is 4.90 Å². The van der Waals surface area contributed by atoms with E-state index in [1.165, 1.54) is 17.3 Å². The summed E-state index contributed by atoms with van der Waals surface area (Å²) in [4.78, 5) is 19.9. The molecule has 0 atom stereocenters. The van der Waals surface area contributed by atoms with Gasteiger partial charge in [0.2, 0.25) is 0 Å². The largest absolute Gasteiger partial charge is 0.490 e. The number of ether oxygens (including phenoxy) is 2. The van der Waals surface area contributed by atoms with Crippen molar-refractivity contribution in [1.29, 1.82) is 0 Å². The SMILES string of the molecule is CCOc1ccc(/C=C2/SC(=Nc3ccc(C)cc3)N(CC)C2=O)cc1OCC. The summed E-state index contributed by atoms with van der Waals surface area (Å²) in [5.41, 5.74) is 2.91. The highest BCUT2D eigenvalue weighted by Crippen LogP contribution is 2.35. The second kappa shape index (κ2) is 9.65. The fourth-order valence-corrected chi connectivity index (χ4v) is 3.97. The Hall–Kier alpha value is -2.73. The van der Waals surface area contributed by atoms with Crippen molar-refractivity contribution in [1.82, 2.24) is 4.90 Å².